The number of benzene rings is 1. The Morgan fingerprint density at radius 3 is 3.05 bits per heavy atom. The van der Waals surface area contributed by atoms with Crippen molar-refractivity contribution < 1.29 is 4.39 Å². The topological polar surface area (TPSA) is 63.3 Å². The van der Waals surface area contributed by atoms with Crippen molar-refractivity contribution in [1.29, 1.82) is 0 Å². The number of hydrogen-bond acceptors (Lipinski definition) is 4. The van der Waals surface area contributed by atoms with Crippen LogP contribution >= 0.6 is 0 Å². The van der Waals surface area contributed by atoms with Crippen LogP contribution in [0.1, 0.15) is 41.8 Å². The fraction of sp³-hybridized carbons (Fsp3) is 0.294. The summed E-state index contributed by atoms with van der Waals surface area (Å²) in [5.41, 5.74) is 10.7. The number of aryl methyl sites for hydroxylation is 1. The van der Waals surface area contributed by atoms with E-state index in [1.165, 1.54) is 17.2 Å². The number of rotatable bonds is 2. The summed E-state index contributed by atoms with van der Waals surface area (Å²) in [5, 5.41) is 3.16. The van der Waals surface area contributed by atoms with Gasteiger partial charge in [0.25, 0.3) is 0 Å². The number of nitrogens with one attached hydrogen (secondary N) is 1. The summed E-state index contributed by atoms with van der Waals surface area (Å²) in [6.07, 6.45) is 3.26. The lowest BCUT2D eigenvalue weighted by atomic mass is 10.1. The maximum atomic E-state index is 14.3. The molecule has 2 heterocycles. The van der Waals surface area contributed by atoms with Gasteiger partial charge in [-0.3, -0.25) is 4.99 Å². The second kappa shape index (κ2) is 4.80. The third-order valence-electron chi connectivity index (χ3n) is 4.41. The van der Waals surface area contributed by atoms with Crippen LogP contribution in [0.15, 0.2) is 29.3 Å². The predicted molar refractivity (Wildman–Crippen MR) is 85.1 cm³/mol. The molecule has 0 saturated heterocycles. The van der Waals surface area contributed by atoms with Gasteiger partial charge >= 0.3 is 0 Å². The fourth-order valence-electron chi connectivity index (χ4n) is 3.32. The monoisotopic (exact) mass is 296 g/mol. The van der Waals surface area contributed by atoms with Gasteiger partial charge in [0.05, 0.1) is 11.7 Å². The van der Waals surface area contributed by atoms with Gasteiger partial charge in [0.15, 0.2) is 11.6 Å². The molecule has 22 heavy (non-hydrogen) atoms. The van der Waals surface area contributed by atoms with Crippen LogP contribution in [0.3, 0.4) is 0 Å². The Balaban J connectivity index is 1.74. The molecule has 0 spiro atoms. The molecule has 3 N–H and O–H groups in total. The largest absolute Gasteiger partial charge is 0.383 e. The Labute approximate surface area is 128 Å². The van der Waals surface area contributed by atoms with E-state index in [0.717, 1.165) is 30.6 Å². The summed E-state index contributed by atoms with van der Waals surface area (Å²) < 4.78 is 14.3. The number of nitrogens with two attached hydrogens (primary N) is 1. The molecule has 5 heteroatoms. The highest BCUT2D eigenvalue weighted by molar-refractivity contribution is 6.01. The number of pyridine rings is 1. The van der Waals surface area contributed by atoms with Crippen molar-refractivity contribution >= 4 is 17.3 Å². The maximum absolute atomic E-state index is 14.3. The van der Waals surface area contributed by atoms with E-state index in [0.29, 0.717) is 11.4 Å². The summed E-state index contributed by atoms with van der Waals surface area (Å²) in [6, 6.07) is 7.42. The van der Waals surface area contributed by atoms with Gasteiger partial charge in [0.1, 0.15) is 5.84 Å². The first-order valence-corrected chi connectivity index (χ1v) is 7.55. The van der Waals surface area contributed by atoms with Crippen LogP contribution in [0.5, 0.6) is 0 Å². The molecule has 1 atom stereocenters. The van der Waals surface area contributed by atoms with Gasteiger partial charge in [0.2, 0.25) is 0 Å². The molecule has 0 fully saturated rings. The van der Waals surface area contributed by atoms with E-state index >= 15 is 0 Å². The second-order valence-electron chi connectivity index (χ2n) is 5.86. The minimum absolute atomic E-state index is 0.127. The molecular formula is C17H17FN4. The van der Waals surface area contributed by atoms with Crippen LogP contribution in [0, 0.1) is 5.82 Å². The number of aromatic nitrogens is 1. The van der Waals surface area contributed by atoms with E-state index in [4.69, 9.17) is 5.73 Å². The minimum atomic E-state index is -0.401. The molecule has 4 nitrogen and oxygen atoms in total. The average Bonchev–Trinajstić information content (AvgIpc) is 3.07. The summed E-state index contributed by atoms with van der Waals surface area (Å²) in [7, 11) is 0. The zero-order chi connectivity index (χ0) is 15.3. The third kappa shape index (κ3) is 1.96. The highest BCUT2D eigenvalue weighted by Gasteiger charge is 2.25. The lowest BCUT2D eigenvalue weighted by molar-refractivity contribution is 0.623. The molecule has 112 valence electrons. The Kier molecular flexibility index (Phi) is 2.89. The van der Waals surface area contributed by atoms with E-state index in [9.17, 15) is 4.39 Å². The van der Waals surface area contributed by atoms with Crippen molar-refractivity contribution in [2.24, 2.45) is 10.7 Å². The molecular weight excluding hydrogens is 279 g/mol. The van der Waals surface area contributed by atoms with Gasteiger partial charge in [0, 0.05) is 11.3 Å². The SMILES string of the molecule is CC1N=C(N)c2cc(F)c(Nc3cccc4c3CCC4)nc21. The molecule has 4 rings (SSSR count). The highest BCUT2D eigenvalue weighted by Crippen LogP contribution is 2.33. The van der Waals surface area contributed by atoms with Crippen molar-refractivity contribution in [2.45, 2.75) is 32.2 Å². The van der Waals surface area contributed by atoms with E-state index in [1.54, 1.807) is 0 Å². The Hall–Kier alpha value is -2.43. The summed E-state index contributed by atoms with van der Waals surface area (Å²) >= 11 is 0. The maximum Gasteiger partial charge on any atom is 0.167 e. The molecule has 1 unspecified atom stereocenters. The fourth-order valence-corrected chi connectivity index (χ4v) is 3.32. The zero-order valence-corrected chi connectivity index (χ0v) is 12.4. The van der Waals surface area contributed by atoms with Gasteiger partial charge < -0.3 is 11.1 Å². The van der Waals surface area contributed by atoms with Crippen molar-refractivity contribution in [2.75, 3.05) is 5.32 Å². The van der Waals surface area contributed by atoms with Gasteiger partial charge in [-0.1, -0.05) is 12.1 Å². The lowest BCUT2D eigenvalue weighted by Gasteiger charge is -2.13. The molecule has 0 amide bonds. The molecule has 1 aliphatic carbocycles. The normalized spacial score (nSPS) is 18.8. The first kappa shape index (κ1) is 13.2. The molecule has 0 bridgehead atoms. The van der Waals surface area contributed by atoms with Crippen molar-refractivity contribution in [3.63, 3.8) is 0 Å². The Bertz CT molecular complexity index is 797. The molecule has 1 aliphatic heterocycles. The zero-order valence-electron chi connectivity index (χ0n) is 12.4. The van der Waals surface area contributed by atoms with Crippen molar-refractivity contribution in [3.05, 3.63) is 52.5 Å². The smallest absolute Gasteiger partial charge is 0.167 e. The van der Waals surface area contributed by atoms with Crippen LogP contribution < -0.4 is 11.1 Å². The summed E-state index contributed by atoms with van der Waals surface area (Å²) in [5.74, 6) is 0.207. The number of halogens is 1. The second-order valence-corrected chi connectivity index (χ2v) is 5.86. The molecule has 1 aromatic carbocycles. The molecule has 0 radical (unpaired) electrons. The molecule has 2 aliphatic rings. The van der Waals surface area contributed by atoms with Crippen molar-refractivity contribution in [1.82, 2.24) is 4.98 Å². The van der Waals surface area contributed by atoms with Crippen LogP contribution in [0.2, 0.25) is 0 Å². The van der Waals surface area contributed by atoms with Crippen LogP contribution in [-0.2, 0) is 12.8 Å². The molecule has 1 aromatic heterocycles. The van der Waals surface area contributed by atoms with Gasteiger partial charge in [-0.15, -0.1) is 0 Å². The van der Waals surface area contributed by atoms with Gasteiger partial charge in [-0.2, -0.15) is 0 Å². The van der Waals surface area contributed by atoms with Crippen LogP contribution in [-0.4, -0.2) is 10.8 Å². The van der Waals surface area contributed by atoms with Gasteiger partial charge in [-0.05, 0) is 49.4 Å². The van der Waals surface area contributed by atoms with Crippen LogP contribution in [0.4, 0.5) is 15.9 Å². The van der Waals surface area contributed by atoms with E-state index < -0.39 is 5.82 Å². The first-order valence-electron chi connectivity index (χ1n) is 7.55. The number of amidine groups is 1. The lowest BCUT2D eigenvalue weighted by Crippen LogP contribution is -2.12. The molecule has 0 saturated carbocycles. The number of anilines is 2. The summed E-state index contributed by atoms with van der Waals surface area (Å²) in [6.45, 7) is 1.91. The quantitative estimate of drug-likeness (QED) is 0.894. The van der Waals surface area contributed by atoms with E-state index in [2.05, 4.69) is 21.4 Å². The average molecular weight is 296 g/mol. The number of aliphatic imine (C=N–C) groups is 1. The highest BCUT2D eigenvalue weighted by atomic mass is 19.1. The van der Waals surface area contributed by atoms with Crippen LogP contribution in [0.25, 0.3) is 0 Å². The predicted octanol–water partition coefficient (Wildman–Crippen LogP) is 3.23. The van der Waals surface area contributed by atoms with E-state index in [1.807, 2.05) is 19.1 Å². The third-order valence-corrected chi connectivity index (χ3v) is 4.41. The standard InChI is InChI=1S/C17H17FN4/c1-9-15-12(16(19)20-9)8-13(18)17(22-15)21-14-7-3-5-10-4-2-6-11(10)14/h3,5,7-9H,2,4,6H2,1H3,(H2,19,20)(H,21,22). The number of hydrogen-bond donors (Lipinski definition) is 2. The van der Waals surface area contributed by atoms with E-state index in [-0.39, 0.29) is 11.9 Å². The number of fused-ring (bicyclic) bond motifs is 2. The molecule has 2 aromatic rings. The Morgan fingerprint density at radius 1 is 1.32 bits per heavy atom. The summed E-state index contributed by atoms with van der Waals surface area (Å²) in [4.78, 5) is 8.67. The first-order chi connectivity index (χ1) is 10.6. The Morgan fingerprint density at radius 2 is 2.18 bits per heavy atom. The minimum Gasteiger partial charge on any atom is -0.383 e. The van der Waals surface area contributed by atoms with Gasteiger partial charge in [-0.25, -0.2) is 9.37 Å². The number of nitrogens with zero attached hydrogens (tertiary/aromatic N) is 2. The van der Waals surface area contributed by atoms with Crippen molar-refractivity contribution in [3.8, 4) is 0 Å².